The number of allylic oxidation sites excluding steroid dienone is 1. The maximum atomic E-state index is 7.50. The first kappa shape index (κ1) is 25.6. The Labute approximate surface area is 119 Å². The second kappa shape index (κ2) is 24.8. The van der Waals surface area contributed by atoms with Crippen LogP contribution in [-0.4, -0.2) is 0 Å². The molecule has 5 heteroatoms. The van der Waals surface area contributed by atoms with E-state index in [0.717, 1.165) is 11.8 Å². The molecule has 1 fully saturated rings. The monoisotopic (exact) mass is 292 g/mol. The van der Waals surface area contributed by atoms with Crippen molar-refractivity contribution in [2.75, 3.05) is 0 Å². The van der Waals surface area contributed by atoms with Crippen LogP contribution in [0.2, 0.25) is 0 Å². The van der Waals surface area contributed by atoms with Gasteiger partial charge in [0, 0.05) is 17.1 Å². The largest absolute Gasteiger partial charge is 0 e. The van der Waals surface area contributed by atoms with Gasteiger partial charge in [0.25, 0.3) is 0 Å². The molecule has 0 spiro atoms. The van der Waals surface area contributed by atoms with Gasteiger partial charge in [0.15, 0.2) is 0 Å². The van der Waals surface area contributed by atoms with Crippen LogP contribution >= 0.6 is 11.6 Å². The van der Waals surface area contributed by atoms with Crippen molar-refractivity contribution < 1.29 is 31.0 Å². The van der Waals surface area contributed by atoms with Gasteiger partial charge in [0.2, 0.25) is 0 Å². The zero-order chi connectivity index (χ0) is 13.4. The molecule has 1 unspecified atom stereocenters. The normalized spacial score (nSPS) is 17.0. The van der Waals surface area contributed by atoms with Crippen molar-refractivity contribution in [1.29, 1.82) is 0 Å². The predicted octanol–water partition coefficient (Wildman–Crippen LogP) is 2.67. The molecule has 0 amide bonds. The van der Waals surface area contributed by atoms with Crippen molar-refractivity contribution in [3.63, 3.8) is 0 Å². The standard InChI is InChI=1S/C9H10Cl.3CO.Mn/c1-2-4-8-5-3-6-9(10)7-8;3*1-2;/h2-3,5-8H,1,4H2;;;;. The van der Waals surface area contributed by atoms with Gasteiger partial charge in [-0.05, 0) is 38.0 Å². The van der Waals surface area contributed by atoms with Crippen LogP contribution in [0.3, 0.4) is 0 Å². The number of hydrogen-bond donors (Lipinski definition) is 0. The zero-order valence-corrected chi connectivity index (χ0v) is 10.8. The van der Waals surface area contributed by atoms with Crippen LogP contribution in [0.25, 0.3) is 0 Å². The fraction of sp³-hybridized carbons (Fsp3) is 0.167. The fourth-order valence-corrected chi connectivity index (χ4v) is 1.18. The summed E-state index contributed by atoms with van der Waals surface area (Å²) in [6, 6.07) is 0. The summed E-state index contributed by atoms with van der Waals surface area (Å²) in [6.07, 6.45) is 10.9. The van der Waals surface area contributed by atoms with Crippen LogP contribution in [0.5, 0.6) is 0 Å². The minimum Gasteiger partial charge on any atom is 0 e. The van der Waals surface area contributed by atoms with Gasteiger partial charge < -0.3 is 0 Å². The summed E-state index contributed by atoms with van der Waals surface area (Å²) in [5.41, 5.74) is 0. The molecule has 3 nitrogen and oxygen atoms in total. The first-order valence-electron chi connectivity index (χ1n) is 3.94. The predicted molar refractivity (Wildman–Crippen MR) is 56.4 cm³/mol. The van der Waals surface area contributed by atoms with Crippen molar-refractivity contribution in [3.05, 3.63) is 63.7 Å². The van der Waals surface area contributed by atoms with E-state index >= 15 is 0 Å². The Morgan fingerprint density at radius 3 is 2.06 bits per heavy atom. The van der Waals surface area contributed by atoms with Crippen LogP contribution in [0.15, 0.2) is 12.7 Å². The van der Waals surface area contributed by atoms with Crippen LogP contribution in [0.4, 0.5) is 0 Å². The molecule has 1 rings (SSSR count). The van der Waals surface area contributed by atoms with Crippen LogP contribution in [-0.2, 0) is 31.0 Å². The van der Waals surface area contributed by atoms with Crippen LogP contribution in [0.1, 0.15) is 6.42 Å². The van der Waals surface area contributed by atoms with Crippen molar-refractivity contribution in [2.45, 2.75) is 6.42 Å². The van der Waals surface area contributed by atoms with Crippen LogP contribution < -0.4 is 0 Å². The number of rotatable bonds is 2. The Morgan fingerprint density at radius 1 is 1.24 bits per heavy atom. The first-order valence-corrected chi connectivity index (χ1v) is 4.31. The van der Waals surface area contributed by atoms with Gasteiger partial charge in [-0.25, -0.2) is 0 Å². The third-order valence-electron chi connectivity index (χ3n) is 1.43. The van der Waals surface area contributed by atoms with E-state index in [-0.39, 0.29) is 17.1 Å². The van der Waals surface area contributed by atoms with E-state index in [9.17, 15) is 0 Å². The number of hydrogen-bond acceptors (Lipinski definition) is 0. The average molecular weight is 293 g/mol. The average Bonchev–Trinajstić information content (AvgIpc) is 2.37. The summed E-state index contributed by atoms with van der Waals surface area (Å²) < 4.78 is 22.5. The summed E-state index contributed by atoms with van der Waals surface area (Å²) in [6.45, 7) is 17.2. The smallest absolute Gasteiger partial charge is 0 e. The zero-order valence-electron chi connectivity index (χ0n) is 8.86. The molecule has 90 valence electrons. The summed E-state index contributed by atoms with van der Waals surface area (Å²) >= 11 is 5.77. The molecule has 1 saturated carbocycles. The molecule has 0 aromatic carbocycles. The Hall–Kier alpha value is -0.231. The molecule has 1 aliphatic rings. The summed E-state index contributed by atoms with van der Waals surface area (Å²) in [7, 11) is 0. The molecule has 6 radical (unpaired) electrons. The molecule has 0 aliphatic heterocycles. The Balaban J connectivity index is -0.000000106. The molecule has 0 N–H and O–H groups in total. The van der Waals surface area contributed by atoms with Gasteiger partial charge in [-0.15, -0.1) is 18.2 Å². The van der Waals surface area contributed by atoms with Gasteiger partial charge in [0.1, 0.15) is 0 Å². The molecule has 1 aliphatic carbocycles. The minimum atomic E-state index is 0. The summed E-state index contributed by atoms with van der Waals surface area (Å²) in [5, 5.41) is 0.828. The topological polar surface area (TPSA) is 59.7 Å². The van der Waals surface area contributed by atoms with E-state index in [0.29, 0.717) is 5.92 Å². The van der Waals surface area contributed by atoms with Crippen molar-refractivity contribution in [1.82, 2.24) is 0 Å². The Kier molecular flexibility index (Phi) is 37.4. The third-order valence-corrected chi connectivity index (χ3v) is 1.68. The molecule has 0 saturated heterocycles. The van der Waals surface area contributed by atoms with E-state index in [2.05, 4.69) is 33.0 Å². The molecule has 0 aromatic rings. The Bertz CT molecular complexity index is 199. The molecule has 0 bridgehead atoms. The second-order valence-corrected chi connectivity index (χ2v) is 2.73. The number of halogens is 1. The van der Waals surface area contributed by atoms with E-state index in [1.54, 1.807) is 0 Å². The maximum absolute atomic E-state index is 7.50. The van der Waals surface area contributed by atoms with E-state index in [1.165, 1.54) is 0 Å². The molecule has 1 atom stereocenters. The van der Waals surface area contributed by atoms with Crippen molar-refractivity contribution >= 4 is 11.6 Å². The second-order valence-electron chi connectivity index (χ2n) is 2.29. The maximum Gasteiger partial charge on any atom is 0 e. The minimum absolute atomic E-state index is 0. The SMILES string of the molecule is C=CCC1[CH][CH][CH][C](Cl)[CH]1.[C-]#[O+].[C-]#[O+].[C-]#[O+].[Mn]. The van der Waals surface area contributed by atoms with Gasteiger partial charge >= 0.3 is 33.9 Å². The van der Waals surface area contributed by atoms with Crippen molar-refractivity contribution in [3.8, 4) is 0 Å². The van der Waals surface area contributed by atoms with Gasteiger partial charge in [0.05, 0.1) is 5.38 Å². The van der Waals surface area contributed by atoms with Gasteiger partial charge in [-0.2, -0.15) is 0 Å². The molecule has 17 heavy (non-hydrogen) atoms. The molecular formula is C12H10ClMnO3. The van der Waals surface area contributed by atoms with Gasteiger partial charge in [-0.1, -0.05) is 6.08 Å². The first-order chi connectivity index (χ1) is 7.83. The Morgan fingerprint density at radius 2 is 1.71 bits per heavy atom. The van der Waals surface area contributed by atoms with E-state index in [4.69, 9.17) is 25.6 Å². The molecular weight excluding hydrogens is 283 g/mol. The molecule has 0 aromatic heterocycles. The van der Waals surface area contributed by atoms with E-state index < -0.39 is 0 Å². The van der Waals surface area contributed by atoms with Crippen LogP contribution in [0, 0.1) is 56.9 Å². The van der Waals surface area contributed by atoms with Crippen molar-refractivity contribution in [2.24, 2.45) is 5.92 Å². The summed E-state index contributed by atoms with van der Waals surface area (Å²) in [4.78, 5) is 0. The van der Waals surface area contributed by atoms with E-state index in [1.807, 2.05) is 25.3 Å². The molecule has 0 heterocycles. The van der Waals surface area contributed by atoms with Gasteiger partial charge in [-0.3, -0.25) is 0 Å². The summed E-state index contributed by atoms with van der Waals surface area (Å²) in [5.74, 6) is 0.454. The quantitative estimate of drug-likeness (QED) is 0.325. The third kappa shape index (κ3) is 18.3. The fourth-order valence-electron chi connectivity index (χ4n) is 0.945.